The third kappa shape index (κ3) is 2.22. The minimum atomic E-state index is 0.131. The predicted molar refractivity (Wildman–Crippen MR) is 89.0 cm³/mol. The van der Waals surface area contributed by atoms with Crippen LogP contribution in [0.2, 0.25) is 0 Å². The fourth-order valence-electron chi connectivity index (χ4n) is 2.74. The summed E-state index contributed by atoms with van der Waals surface area (Å²) in [6, 6.07) is 9.88. The van der Waals surface area contributed by atoms with Crippen molar-refractivity contribution in [3.8, 4) is 0 Å². The van der Waals surface area contributed by atoms with Crippen molar-refractivity contribution in [3.05, 3.63) is 51.0 Å². The zero-order valence-corrected chi connectivity index (χ0v) is 13.0. The van der Waals surface area contributed by atoms with E-state index in [-0.39, 0.29) is 5.91 Å². The average Bonchev–Trinajstić information content (AvgIpc) is 3.11. The second-order valence-electron chi connectivity index (χ2n) is 5.25. The smallest absolute Gasteiger partial charge is 0.264 e. The Labute approximate surface area is 130 Å². The van der Waals surface area contributed by atoms with Crippen LogP contribution in [-0.4, -0.2) is 17.4 Å². The number of carbonyl (C=O) groups is 1. The largest absolute Gasteiger partial charge is 0.399 e. The van der Waals surface area contributed by atoms with Crippen molar-refractivity contribution in [2.75, 3.05) is 12.3 Å². The Morgan fingerprint density at radius 1 is 1.24 bits per heavy atom. The molecular formula is C16H14N2OS2. The SMILES string of the molecule is Nc1ccc2sc(C(=O)N3CCc4sccc4C3)cc2c1. The van der Waals surface area contributed by atoms with Gasteiger partial charge in [-0.05, 0) is 53.1 Å². The van der Waals surface area contributed by atoms with E-state index in [9.17, 15) is 4.79 Å². The number of hydrogen-bond acceptors (Lipinski definition) is 4. The number of amides is 1. The van der Waals surface area contributed by atoms with Gasteiger partial charge in [0.25, 0.3) is 5.91 Å². The van der Waals surface area contributed by atoms with Crippen LogP contribution in [-0.2, 0) is 13.0 Å². The van der Waals surface area contributed by atoms with Gasteiger partial charge in [0.2, 0.25) is 0 Å². The molecule has 2 N–H and O–H groups in total. The number of fused-ring (bicyclic) bond motifs is 2. The first-order valence-corrected chi connectivity index (χ1v) is 8.54. The van der Waals surface area contributed by atoms with Gasteiger partial charge in [-0.15, -0.1) is 22.7 Å². The Hall–Kier alpha value is -1.85. The second kappa shape index (κ2) is 4.86. The molecule has 0 spiro atoms. The summed E-state index contributed by atoms with van der Waals surface area (Å²) in [5.74, 6) is 0.131. The fraction of sp³-hybridized carbons (Fsp3) is 0.188. The van der Waals surface area contributed by atoms with Gasteiger partial charge in [0, 0.05) is 28.4 Å². The summed E-state index contributed by atoms with van der Waals surface area (Å²) < 4.78 is 1.11. The Morgan fingerprint density at radius 3 is 3.05 bits per heavy atom. The number of rotatable bonds is 1. The number of nitrogen functional groups attached to an aromatic ring is 1. The van der Waals surface area contributed by atoms with Gasteiger partial charge >= 0.3 is 0 Å². The lowest BCUT2D eigenvalue weighted by Crippen LogP contribution is -2.34. The van der Waals surface area contributed by atoms with E-state index in [0.29, 0.717) is 0 Å². The molecule has 0 bridgehead atoms. The summed E-state index contributed by atoms with van der Waals surface area (Å²) in [5.41, 5.74) is 7.84. The van der Waals surface area contributed by atoms with E-state index in [4.69, 9.17) is 5.73 Å². The first-order chi connectivity index (χ1) is 10.2. The second-order valence-corrected chi connectivity index (χ2v) is 7.34. The van der Waals surface area contributed by atoms with Crippen LogP contribution in [0.5, 0.6) is 0 Å². The summed E-state index contributed by atoms with van der Waals surface area (Å²) in [7, 11) is 0. The number of carbonyl (C=O) groups excluding carboxylic acids is 1. The van der Waals surface area contributed by atoms with Crippen molar-refractivity contribution in [2.24, 2.45) is 0 Å². The molecular weight excluding hydrogens is 300 g/mol. The highest BCUT2D eigenvalue weighted by Gasteiger charge is 2.23. The lowest BCUT2D eigenvalue weighted by Gasteiger charge is -2.26. The fourth-order valence-corrected chi connectivity index (χ4v) is 4.65. The summed E-state index contributed by atoms with van der Waals surface area (Å²) in [6.45, 7) is 1.54. The third-order valence-electron chi connectivity index (χ3n) is 3.85. The summed E-state index contributed by atoms with van der Waals surface area (Å²) in [5, 5.41) is 3.16. The van der Waals surface area contributed by atoms with Gasteiger partial charge in [-0.1, -0.05) is 0 Å². The monoisotopic (exact) mass is 314 g/mol. The van der Waals surface area contributed by atoms with Gasteiger partial charge in [0.05, 0.1) is 4.88 Å². The maximum atomic E-state index is 12.7. The van der Waals surface area contributed by atoms with Crippen LogP contribution >= 0.6 is 22.7 Å². The molecule has 3 heterocycles. The number of anilines is 1. The highest BCUT2D eigenvalue weighted by molar-refractivity contribution is 7.20. The topological polar surface area (TPSA) is 46.3 Å². The minimum Gasteiger partial charge on any atom is -0.399 e. The molecule has 0 fully saturated rings. The Kier molecular flexibility index (Phi) is 2.97. The van der Waals surface area contributed by atoms with Crippen molar-refractivity contribution < 1.29 is 4.79 Å². The van der Waals surface area contributed by atoms with Crippen LogP contribution in [0.3, 0.4) is 0 Å². The van der Waals surface area contributed by atoms with E-state index < -0.39 is 0 Å². The number of hydrogen-bond donors (Lipinski definition) is 1. The lowest BCUT2D eigenvalue weighted by molar-refractivity contribution is 0.0741. The molecule has 0 atom stereocenters. The molecule has 5 heteroatoms. The highest BCUT2D eigenvalue weighted by atomic mass is 32.1. The first kappa shape index (κ1) is 12.9. The minimum absolute atomic E-state index is 0.131. The van der Waals surface area contributed by atoms with E-state index in [1.807, 2.05) is 29.2 Å². The van der Waals surface area contributed by atoms with E-state index >= 15 is 0 Å². The van der Waals surface area contributed by atoms with Crippen LogP contribution in [0.1, 0.15) is 20.1 Å². The molecule has 21 heavy (non-hydrogen) atoms. The van der Waals surface area contributed by atoms with Crippen molar-refractivity contribution in [2.45, 2.75) is 13.0 Å². The lowest BCUT2D eigenvalue weighted by atomic mass is 10.1. The molecule has 4 rings (SSSR count). The summed E-state index contributed by atoms with van der Waals surface area (Å²) in [6.07, 6.45) is 0.969. The number of thiophene rings is 2. The molecule has 1 aromatic carbocycles. The molecule has 0 aliphatic carbocycles. The van der Waals surface area contributed by atoms with E-state index in [0.717, 1.165) is 40.2 Å². The van der Waals surface area contributed by atoms with Crippen molar-refractivity contribution >= 4 is 44.4 Å². The molecule has 0 unspecified atom stereocenters. The van der Waals surface area contributed by atoms with Crippen LogP contribution in [0.4, 0.5) is 5.69 Å². The standard InChI is InChI=1S/C16H14N2OS2/c17-12-1-2-14-11(7-12)8-15(21-14)16(19)18-5-3-13-10(9-18)4-6-20-13/h1-2,4,6-8H,3,5,9,17H2. The van der Waals surface area contributed by atoms with Crippen LogP contribution in [0, 0.1) is 0 Å². The predicted octanol–water partition coefficient (Wildman–Crippen LogP) is 3.74. The normalized spacial score (nSPS) is 14.4. The number of benzene rings is 1. The summed E-state index contributed by atoms with van der Waals surface area (Å²) >= 11 is 3.34. The number of nitrogens with zero attached hydrogens (tertiary/aromatic N) is 1. The van der Waals surface area contributed by atoms with Crippen LogP contribution in [0.15, 0.2) is 35.7 Å². The molecule has 106 valence electrons. The quantitative estimate of drug-likeness (QED) is 0.695. The molecule has 3 nitrogen and oxygen atoms in total. The number of nitrogens with two attached hydrogens (primary N) is 1. The van der Waals surface area contributed by atoms with Gasteiger partial charge in [-0.25, -0.2) is 0 Å². The molecule has 2 aromatic heterocycles. The third-order valence-corrected chi connectivity index (χ3v) is 5.97. The van der Waals surface area contributed by atoms with Crippen molar-refractivity contribution in [1.82, 2.24) is 4.90 Å². The van der Waals surface area contributed by atoms with Gasteiger partial charge in [0.1, 0.15) is 0 Å². The summed E-state index contributed by atoms with van der Waals surface area (Å²) in [4.78, 5) is 16.9. The molecule has 0 saturated carbocycles. The Morgan fingerprint density at radius 2 is 2.14 bits per heavy atom. The first-order valence-electron chi connectivity index (χ1n) is 6.84. The average molecular weight is 314 g/mol. The van der Waals surface area contributed by atoms with Crippen LogP contribution in [0.25, 0.3) is 10.1 Å². The zero-order valence-electron chi connectivity index (χ0n) is 11.3. The molecule has 1 amide bonds. The Balaban J connectivity index is 1.64. The molecule has 0 radical (unpaired) electrons. The Bertz CT molecular complexity index is 834. The zero-order chi connectivity index (χ0) is 14.4. The van der Waals surface area contributed by atoms with Crippen LogP contribution < -0.4 is 5.73 Å². The van der Waals surface area contributed by atoms with Gasteiger partial charge < -0.3 is 10.6 Å². The van der Waals surface area contributed by atoms with E-state index in [2.05, 4.69) is 11.4 Å². The molecule has 3 aromatic rings. The van der Waals surface area contributed by atoms with E-state index in [1.54, 1.807) is 22.7 Å². The van der Waals surface area contributed by atoms with Gasteiger partial charge in [-0.3, -0.25) is 4.79 Å². The molecule has 1 aliphatic heterocycles. The van der Waals surface area contributed by atoms with E-state index in [1.165, 1.54) is 10.4 Å². The molecule has 0 saturated heterocycles. The highest BCUT2D eigenvalue weighted by Crippen LogP contribution is 2.30. The van der Waals surface area contributed by atoms with Gasteiger partial charge in [0.15, 0.2) is 0 Å². The van der Waals surface area contributed by atoms with Gasteiger partial charge in [-0.2, -0.15) is 0 Å². The maximum Gasteiger partial charge on any atom is 0.264 e. The van der Waals surface area contributed by atoms with Crippen molar-refractivity contribution in [1.29, 1.82) is 0 Å². The van der Waals surface area contributed by atoms with Crippen molar-refractivity contribution in [3.63, 3.8) is 0 Å². The maximum absolute atomic E-state index is 12.7. The molecule has 1 aliphatic rings.